The molecule has 0 amide bonds. The average molecular weight is 964 g/mol. The molecule has 0 aliphatic heterocycles. The van der Waals surface area contributed by atoms with E-state index in [0.29, 0.717) is 17.4 Å². The van der Waals surface area contributed by atoms with Crippen LogP contribution in [-0.2, 0) is 33.3 Å². The molecule has 0 saturated carbocycles. The average Bonchev–Trinajstić information content (AvgIpc) is 3.31. The Labute approximate surface area is 422 Å². The predicted molar refractivity (Wildman–Crippen MR) is 287 cm³/mol. The third-order valence-electron chi connectivity index (χ3n) is 11.3. The van der Waals surface area contributed by atoms with Gasteiger partial charge in [-0.05, 0) is 96.3 Å². The van der Waals surface area contributed by atoms with E-state index >= 15 is 0 Å². The van der Waals surface area contributed by atoms with Gasteiger partial charge in [0.1, 0.15) is 13.2 Å². The molecule has 0 aliphatic carbocycles. The first-order valence-corrected chi connectivity index (χ1v) is 27.4. The number of likely N-dealkylation sites (N-methyl/N-ethyl adjacent to an activating group) is 1. The standard InChI is InChI=1S/C60H101NO8/c1-6-8-10-12-14-16-18-20-22-24-26-28-29-31-33-35-37-39-41-43-45-47-49-51-58(63)69-56(55-68-60(59(64)65)66-53-52-61(3,4)5)54-67-57(62)50-48-46-44-42-40-38-36-34-32-30-27-25-23-21-19-17-15-13-11-9-7-2/h8,10,14,16,19-22,25-28,31-34,56,60H,6-7,9,11-13,15,17-18,23-24,29-30,35-55H2,1-5H3/b10-8-,16-14-,21-19-,22-20-,27-25-,28-26-,33-31-,34-32-. The van der Waals surface area contributed by atoms with Crippen LogP contribution in [0.1, 0.15) is 206 Å². The van der Waals surface area contributed by atoms with Crippen molar-refractivity contribution in [3.8, 4) is 0 Å². The summed E-state index contributed by atoms with van der Waals surface area (Å²) in [5.74, 6) is -2.33. The van der Waals surface area contributed by atoms with E-state index < -0.39 is 24.3 Å². The molecule has 2 unspecified atom stereocenters. The molecule has 0 aliphatic rings. The Morgan fingerprint density at radius 2 is 0.826 bits per heavy atom. The van der Waals surface area contributed by atoms with Crippen molar-refractivity contribution in [2.75, 3.05) is 47.5 Å². The molecule has 0 fully saturated rings. The monoisotopic (exact) mass is 964 g/mol. The van der Waals surface area contributed by atoms with E-state index in [-0.39, 0.29) is 38.6 Å². The molecule has 0 radical (unpaired) electrons. The lowest BCUT2D eigenvalue weighted by Crippen LogP contribution is -2.44. The fourth-order valence-electron chi connectivity index (χ4n) is 7.10. The lowest BCUT2D eigenvalue weighted by molar-refractivity contribution is -0.870. The number of ether oxygens (including phenoxy) is 4. The Bertz CT molecular complexity index is 1450. The molecule has 69 heavy (non-hydrogen) atoms. The summed E-state index contributed by atoms with van der Waals surface area (Å²) in [6.45, 7) is 4.58. The van der Waals surface area contributed by atoms with Crippen molar-refractivity contribution >= 4 is 17.9 Å². The maximum absolute atomic E-state index is 12.8. The van der Waals surface area contributed by atoms with E-state index in [1.807, 2.05) is 21.1 Å². The van der Waals surface area contributed by atoms with Crippen molar-refractivity contribution in [1.29, 1.82) is 0 Å². The molecule has 0 spiro atoms. The van der Waals surface area contributed by atoms with Gasteiger partial charge in [-0.2, -0.15) is 0 Å². The zero-order valence-electron chi connectivity index (χ0n) is 44.6. The van der Waals surface area contributed by atoms with Gasteiger partial charge in [-0.1, -0.05) is 195 Å². The van der Waals surface area contributed by atoms with Crippen molar-refractivity contribution in [1.82, 2.24) is 0 Å². The van der Waals surface area contributed by atoms with Gasteiger partial charge in [-0.3, -0.25) is 9.59 Å². The second kappa shape index (κ2) is 50.6. The Hall–Kier alpha value is -3.79. The molecule has 2 atom stereocenters. The second-order valence-corrected chi connectivity index (χ2v) is 19.1. The van der Waals surface area contributed by atoms with Crippen LogP contribution >= 0.6 is 0 Å². The first kappa shape index (κ1) is 65.2. The number of rotatable bonds is 49. The lowest BCUT2D eigenvalue weighted by Gasteiger charge is -2.26. The van der Waals surface area contributed by atoms with E-state index in [0.717, 1.165) is 103 Å². The number of hydrogen-bond acceptors (Lipinski definition) is 8. The lowest BCUT2D eigenvalue weighted by atomic mass is 10.1. The van der Waals surface area contributed by atoms with Gasteiger partial charge in [-0.15, -0.1) is 0 Å². The molecule has 394 valence electrons. The summed E-state index contributed by atoms with van der Waals surface area (Å²) in [6.07, 6.45) is 64.4. The number of quaternary nitrogens is 1. The predicted octanol–water partition coefficient (Wildman–Crippen LogP) is 14.4. The van der Waals surface area contributed by atoms with E-state index in [4.69, 9.17) is 18.9 Å². The normalized spacial score (nSPS) is 13.6. The van der Waals surface area contributed by atoms with Crippen LogP contribution in [0.25, 0.3) is 0 Å². The molecule has 9 nitrogen and oxygen atoms in total. The summed E-state index contributed by atoms with van der Waals surface area (Å²) in [4.78, 5) is 37.2. The quantitative estimate of drug-likeness (QED) is 0.0195. The molecule has 0 aromatic heterocycles. The molecule has 0 N–H and O–H groups in total. The van der Waals surface area contributed by atoms with Crippen LogP contribution in [-0.4, -0.2) is 82.3 Å². The van der Waals surface area contributed by atoms with Crippen LogP contribution in [0.2, 0.25) is 0 Å². The number of hydrogen-bond donors (Lipinski definition) is 0. The molecule has 0 saturated heterocycles. The van der Waals surface area contributed by atoms with Crippen LogP contribution < -0.4 is 5.11 Å². The first-order valence-electron chi connectivity index (χ1n) is 27.4. The number of nitrogens with zero attached hydrogens (tertiary/aromatic N) is 1. The van der Waals surface area contributed by atoms with E-state index in [1.165, 1.54) is 70.6 Å². The minimum Gasteiger partial charge on any atom is -0.545 e. The SMILES string of the molecule is CC/C=C\C/C=C\C/C=C\C/C=C\C/C=C\CCCCCCCCCC(=O)OC(COC(=O)CCCCCCCC/C=C\C/C=C\C/C=C\CCCCCCC)COC(OCC[N+](C)(C)C)C(=O)[O-]. The smallest absolute Gasteiger partial charge is 0.306 e. The Morgan fingerprint density at radius 1 is 0.449 bits per heavy atom. The zero-order chi connectivity index (χ0) is 50.6. The number of carbonyl (C=O) groups is 3. The Morgan fingerprint density at radius 3 is 1.23 bits per heavy atom. The maximum Gasteiger partial charge on any atom is 0.306 e. The number of allylic oxidation sites excluding steroid dienone is 16. The molecule has 0 aromatic rings. The third-order valence-corrected chi connectivity index (χ3v) is 11.3. The highest BCUT2D eigenvalue weighted by molar-refractivity contribution is 5.70. The first-order chi connectivity index (χ1) is 33.6. The summed E-state index contributed by atoms with van der Waals surface area (Å²) in [6, 6.07) is 0. The molecule has 9 heteroatoms. The number of aliphatic carboxylic acids is 1. The summed E-state index contributed by atoms with van der Waals surface area (Å²) in [7, 11) is 5.90. The molecule has 0 rings (SSSR count). The van der Waals surface area contributed by atoms with Gasteiger partial charge >= 0.3 is 11.9 Å². The third kappa shape index (κ3) is 51.9. The Balaban J connectivity index is 4.38. The molecule has 0 bridgehead atoms. The number of esters is 2. The van der Waals surface area contributed by atoms with Crippen molar-refractivity contribution in [2.45, 2.75) is 219 Å². The molecular weight excluding hydrogens is 863 g/mol. The van der Waals surface area contributed by atoms with E-state index in [1.54, 1.807) is 0 Å². The van der Waals surface area contributed by atoms with Crippen LogP contribution in [0.5, 0.6) is 0 Å². The van der Waals surface area contributed by atoms with Gasteiger partial charge in [0, 0.05) is 12.8 Å². The fraction of sp³-hybridized carbons (Fsp3) is 0.683. The molecular formula is C60H101NO8. The van der Waals surface area contributed by atoms with Crippen molar-refractivity contribution in [3.05, 3.63) is 97.2 Å². The largest absolute Gasteiger partial charge is 0.545 e. The molecule has 0 heterocycles. The maximum atomic E-state index is 12.8. The van der Waals surface area contributed by atoms with E-state index in [9.17, 15) is 19.5 Å². The fourth-order valence-corrected chi connectivity index (χ4v) is 7.10. The highest BCUT2D eigenvalue weighted by Gasteiger charge is 2.22. The molecule has 0 aromatic carbocycles. The van der Waals surface area contributed by atoms with Crippen LogP contribution in [0.4, 0.5) is 0 Å². The minimum atomic E-state index is -1.63. The summed E-state index contributed by atoms with van der Waals surface area (Å²) in [5.41, 5.74) is 0. The zero-order valence-corrected chi connectivity index (χ0v) is 44.6. The number of carboxylic acids is 1. The van der Waals surface area contributed by atoms with Gasteiger partial charge in [-0.25, -0.2) is 0 Å². The number of carboxylic acid groups (broad SMARTS) is 1. The minimum absolute atomic E-state index is 0.137. The second-order valence-electron chi connectivity index (χ2n) is 19.1. The summed E-state index contributed by atoms with van der Waals surface area (Å²) >= 11 is 0. The van der Waals surface area contributed by atoms with Crippen molar-refractivity contribution in [2.24, 2.45) is 0 Å². The van der Waals surface area contributed by atoms with Gasteiger partial charge in [0.25, 0.3) is 0 Å². The van der Waals surface area contributed by atoms with Crippen LogP contribution in [0.15, 0.2) is 97.2 Å². The van der Waals surface area contributed by atoms with Crippen molar-refractivity contribution in [3.63, 3.8) is 0 Å². The van der Waals surface area contributed by atoms with Gasteiger partial charge in [0.2, 0.25) is 0 Å². The van der Waals surface area contributed by atoms with Crippen LogP contribution in [0.3, 0.4) is 0 Å². The highest BCUT2D eigenvalue weighted by Crippen LogP contribution is 2.14. The number of unbranched alkanes of at least 4 members (excludes halogenated alkanes) is 18. The van der Waals surface area contributed by atoms with Crippen LogP contribution in [0, 0.1) is 0 Å². The topological polar surface area (TPSA) is 111 Å². The Kier molecular flexibility index (Phi) is 47.8. The summed E-state index contributed by atoms with van der Waals surface area (Å²) < 4.78 is 22.6. The van der Waals surface area contributed by atoms with Gasteiger partial charge in [0.15, 0.2) is 12.4 Å². The van der Waals surface area contributed by atoms with E-state index in [2.05, 4.69) is 111 Å². The van der Waals surface area contributed by atoms with Gasteiger partial charge < -0.3 is 33.3 Å². The van der Waals surface area contributed by atoms with Gasteiger partial charge in [0.05, 0.1) is 40.3 Å². The number of carbonyl (C=O) groups excluding carboxylic acids is 3. The highest BCUT2D eigenvalue weighted by atomic mass is 16.7. The van der Waals surface area contributed by atoms with Crippen molar-refractivity contribution < 1.29 is 42.9 Å². The summed E-state index contributed by atoms with van der Waals surface area (Å²) in [5, 5.41) is 11.8.